The van der Waals surface area contributed by atoms with Crippen LogP contribution in [0.2, 0.25) is 0 Å². The predicted molar refractivity (Wildman–Crippen MR) is 69.5 cm³/mol. The molecule has 0 spiro atoms. The Morgan fingerprint density at radius 2 is 1.71 bits per heavy atom. The fourth-order valence-corrected chi connectivity index (χ4v) is 1.92. The maximum atomic E-state index is 11.9. The molecule has 0 N–H and O–H groups in total. The lowest BCUT2D eigenvalue weighted by molar-refractivity contribution is -0.150. The lowest BCUT2D eigenvalue weighted by Crippen LogP contribution is -2.17. The van der Waals surface area contributed by atoms with Crippen molar-refractivity contribution in [1.29, 1.82) is 0 Å². The van der Waals surface area contributed by atoms with Crippen molar-refractivity contribution in [3.63, 3.8) is 0 Å². The average molecular weight is 234 g/mol. The highest BCUT2D eigenvalue weighted by atomic mass is 16.5. The zero-order valence-electron chi connectivity index (χ0n) is 10.8. The summed E-state index contributed by atoms with van der Waals surface area (Å²) in [5, 5.41) is 0. The number of hydrogen-bond acceptors (Lipinski definition) is 2. The molecule has 2 heteroatoms. The van der Waals surface area contributed by atoms with Crippen LogP contribution in [0.25, 0.3) is 0 Å². The number of carbonyl (C=O) groups is 1. The van der Waals surface area contributed by atoms with Crippen LogP contribution in [0.1, 0.15) is 45.1 Å². The van der Waals surface area contributed by atoms with Crippen LogP contribution < -0.4 is 0 Å². The molecule has 0 amide bonds. The molecule has 0 saturated carbocycles. The van der Waals surface area contributed by atoms with Crippen LogP contribution in [0, 0.1) is 5.92 Å². The fraction of sp³-hybridized carbons (Fsp3) is 0.533. The van der Waals surface area contributed by atoms with Crippen molar-refractivity contribution in [2.45, 2.75) is 46.1 Å². The molecule has 0 saturated heterocycles. The van der Waals surface area contributed by atoms with Gasteiger partial charge in [-0.25, -0.2) is 0 Å². The third-order valence-corrected chi connectivity index (χ3v) is 2.83. The lowest BCUT2D eigenvalue weighted by atomic mass is 9.99. The van der Waals surface area contributed by atoms with Crippen molar-refractivity contribution in [3.05, 3.63) is 35.9 Å². The van der Waals surface area contributed by atoms with E-state index in [1.807, 2.05) is 30.3 Å². The summed E-state index contributed by atoms with van der Waals surface area (Å²) in [6.45, 7) is 4.60. The summed E-state index contributed by atoms with van der Waals surface area (Å²) in [5.74, 6) is 0.0336. The molecule has 94 valence electrons. The molecule has 17 heavy (non-hydrogen) atoms. The Balaban J connectivity index is 2.41. The van der Waals surface area contributed by atoms with Gasteiger partial charge in [-0.1, -0.05) is 57.0 Å². The van der Waals surface area contributed by atoms with E-state index in [9.17, 15) is 4.79 Å². The zero-order valence-corrected chi connectivity index (χ0v) is 10.8. The first-order valence-corrected chi connectivity index (χ1v) is 6.48. The van der Waals surface area contributed by atoms with Crippen molar-refractivity contribution < 1.29 is 9.53 Å². The first-order chi connectivity index (χ1) is 8.27. The Kier molecular flexibility index (Phi) is 6.38. The summed E-state index contributed by atoms with van der Waals surface area (Å²) in [4.78, 5) is 11.9. The van der Waals surface area contributed by atoms with Crippen LogP contribution in [0.4, 0.5) is 0 Å². The zero-order chi connectivity index (χ0) is 12.5. The number of ether oxygens (including phenoxy) is 1. The van der Waals surface area contributed by atoms with E-state index in [4.69, 9.17) is 4.74 Å². The number of rotatable bonds is 7. The van der Waals surface area contributed by atoms with E-state index in [2.05, 4.69) is 13.8 Å². The highest BCUT2D eigenvalue weighted by molar-refractivity contribution is 5.72. The van der Waals surface area contributed by atoms with E-state index < -0.39 is 0 Å². The fourth-order valence-electron chi connectivity index (χ4n) is 1.92. The van der Waals surface area contributed by atoms with Crippen LogP contribution in [-0.4, -0.2) is 5.97 Å². The third kappa shape index (κ3) is 5.03. The highest BCUT2D eigenvalue weighted by Gasteiger charge is 2.17. The molecule has 0 aliphatic carbocycles. The first-order valence-electron chi connectivity index (χ1n) is 6.48. The Labute approximate surface area is 104 Å². The van der Waals surface area contributed by atoms with Gasteiger partial charge in [0.15, 0.2) is 0 Å². The highest BCUT2D eigenvalue weighted by Crippen LogP contribution is 2.16. The molecule has 0 fully saturated rings. The molecule has 0 bridgehead atoms. The molecule has 1 rings (SSSR count). The van der Waals surface area contributed by atoms with Gasteiger partial charge in [-0.05, 0) is 18.4 Å². The second kappa shape index (κ2) is 7.88. The van der Waals surface area contributed by atoms with E-state index in [0.717, 1.165) is 31.2 Å². The van der Waals surface area contributed by atoms with Crippen molar-refractivity contribution in [2.75, 3.05) is 0 Å². The molecule has 0 unspecified atom stereocenters. The Morgan fingerprint density at radius 3 is 2.24 bits per heavy atom. The van der Waals surface area contributed by atoms with Gasteiger partial charge < -0.3 is 4.74 Å². The van der Waals surface area contributed by atoms with E-state index in [0.29, 0.717) is 6.61 Å². The first kappa shape index (κ1) is 13.8. The maximum absolute atomic E-state index is 11.9. The molecule has 2 nitrogen and oxygen atoms in total. The van der Waals surface area contributed by atoms with Crippen molar-refractivity contribution >= 4 is 5.97 Å². The molecular weight excluding hydrogens is 212 g/mol. The van der Waals surface area contributed by atoms with Crippen LogP contribution in [0.5, 0.6) is 0 Å². The van der Waals surface area contributed by atoms with Crippen molar-refractivity contribution in [1.82, 2.24) is 0 Å². The molecule has 0 radical (unpaired) electrons. The molecule has 0 aliphatic heterocycles. The monoisotopic (exact) mass is 234 g/mol. The topological polar surface area (TPSA) is 26.3 Å². The Hall–Kier alpha value is -1.31. The molecule has 1 aromatic rings. The van der Waals surface area contributed by atoms with Gasteiger partial charge in [0.2, 0.25) is 0 Å². The largest absolute Gasteiger partial charge is 0.461 e. The van der Waals surface area contributed by atoms with Gasteiger partial charge in [-0.15, -0.1) is 0 Å². The molecular formula is C15H22O2. The SMILES string of the molecule is CCCC(CCC)C(=O)OCc1ccccc1. The maximum Gasteiger partial charge on any atom is 0.309 e. The Bertz CT molecular complexity index is 313. The van der Waals surface area contributed by atoms with Crippen molar-refractivity contribution in [3.8, 4) is 0 Å². The van der Waals surface area contributed by atoms with Gasteiger partial charge in [0.1, 0.15) is 6.61 Å². The van der Waals surface area contributed by atoms with Crippen molar-refractivity contribution in [2.24, 2.45) is 5.92 Å². The smallest absolute Gasteiger partial charge is 0.309 e. The predicted octanol–water partition coefficient (Wildman–Crippen LogP) is 3.95. The normalized spacial score (nSPS) is 10.5. The number of carbonyl (C=O) groups excluding carboxylic acids is 1. The van der Waals surface area contributed by atoms with Crippen LogP contribution in [-0.2, 0) is 16.1 Å². The number of hydrogen-bond donors (Lipinski definition) is 0. The summed E-state index contributed by atoms with van der Waals surface area (Å²) >= 11 is 0. The van der Waals surface area contributed by atoms with E-state index in [-0.39, 0.29) is 11.9 Å². The second-order valence-electron chi connectivity index (χ2n) is 4.37. The molecule has 1 aromatic carbocycles. The second-order valence-corrected chi connectivity index (χ2v) is 4.37. The third-order valence-electron chi connectivity index (χ3n) is 2.83. The summed E-state index contributed by atoms with van der Waals surface area (Å²) in [5.41, 5.74) is 1.05. The molecule has 0 atom stereocenters. The molecule has 0 heterocycles. The van der Waals surface area contributed by atoms with Gasteiger partial charge in [0.05, 0.1) is 5.92 Å². The number of esters is 1. The summed E-state index contributed by atoms with van der Waals surface area (Å²) in [6.07, 6.45) is 3.93. The summed E-state index contributed by atoms with van der Waals surface area (Å²) in [7, 11) is 0. The van der Waals surface area contributed by atoms with Gasteiger partial charge in [0, 0.05) is 0 Å². The lowest BCUT2D eigenvalue weighted by Gasteiger charge is -2.14. The standard InChI is InChI=1S/C15H22O2/c1-3-8-14(9-4-2)15(16)17-12-13-10-6-5-7-11-13/h5-7,10-11,14H,3-4,8-9,12H2,1-2H3. The van der Waals surface area contributed by atoms with Gasteiger partial charge >= 0.3 is 5.97 Å². The summed E-state index contributed by atoms with van der Waals surface area (Å²) < 4.78 is 5.36. The minimum atomic E-state index is -0.0439. The van der Waals surface area contributed by atoms with E-state index in [1.165, 1.54) is 0 Å². The van der Waals surface area contributed by atoms with Gasteiger partial charge in [0.25, 0.3) is 0 Å². The van der Waals surface area contributed by atoms with E-state index >= 15 is 0 Å². The van der Waals surface area contributed by atoms with Crippen LogP contribution in [0.15, 0.2) is 30.3 Å². The van der Waals surface area contributed by atoms with Gasteiger partial charge in [-0.2, -0.15) is 0 Å². The average Bonchev–Trinajstić information content (AvgIpc) is 2.37. The number of benzene rings is 1. The minimum Gasteiger partial charge on any atom is -0.461 e. The molecule has 0 aromatic heterocycles. The van der Waals surface area contributed by atoms with E-state index in [1.54, 1.807) is 0 Å². The summed E-state index contributed by atoms with van der Waals surface area (Å²) in [6, 6.07) is 9.82. The van der Waals surface area contributed by atoms with Crippen LogP contribution >= 0.6 is 0 Å². The quantitative estimate of drug-likeness (QED) is 0.668. The Morgan fingerprint density at radius 1 is 1.12 bits per heavy atom. The van der Waals surface area contributed by atoms with Gasteiger partial charge in [-0.3, -0.25) is 4.79 Å². The van der Waals surface area contributed by atoms with Crippen LogP contribution in [0.3, 0.4) is 0 Å². The minimum absolute atomic E-state index is 0.0439. The molecule has 0 aliphatic rings.